The van der Waals surface area contributed by atoms with Gasteiger partial charge in [-0.3, -0.25) is 4.79 Å². The molecule has 1 heterocycles. The first-order valence-corrected chi connectivity index (χ1v) is 6.94. The van der Waals surface area contributed by atoms with Crippen LogP contribution in [0.3, 0.4) is 0 Å². The van der Waals surface area contributed by atoms with Crippen LogP contribution in [0, 0.1) is 0 Å². The lowest BCUT2D eigenvalue weighted by Gasteiger charge is -2.08. The number of carbonyl (C=O) groups excluding carboxylic acids is 1. The standard InChI is InChI=1S/C15H19N3O3/c1-4-13-15(18-21-17-13)16-14(19)9-20-12-7-5-11(6-8-12)10(2)3/h5-8,10H,4,9H2,1-3H3,(H,16,18,19). The molecule has 1 amide bonds. The fourth-order valence-corrected chi connectivity index (χ4v) is 1.80. The minimum atomic E-state index is -0.298. The van der Waals surface area contributed by atoms with Gasteiger partial charge in [0.1, 0.15) is 11.4 Å². The van der Waals surface area contributed by atoms with Gasteiger partial charge in [-0.15, -0.1) is 0 Å². The molecule has 0 aliphatic rings. The molecular formula is C15H19N3O3. The molecule has 1 N–H and O–H groups in total. The molecule has 0 aliphatic heterocycles. The Kier molecular flexibility index (Phi) is 4.92. The normalized spacial score (nSPS) is 10.7. The molecule has 0 unspecified atom stereocenters. The van der Waals surface area contributed by atoms with Gasteiger partial charge in [-0.2, -0.15) is 0 Å². The first kappa shape index (κ1) is 15.0. The van der Waals surface area contributed by atoms with Gasteiger partial charge in [-0.25, -0.2) is 4.63 Å². The molecule has 0 spiro atoms. The summed E-state index contributed by atoms with van der Waals surface area (Å²) in [4.78, 5) is 11.8. The largest absolute Gasteiger partial charge is 0.484 e. The monoisotopic (exact) mass is 289 g/mol. The molecule has 112 valence electrons. The number of nitrogens with one attached hydrogen (secondary N) is 1. The van der Waals surface area contributed by atoms with Crippen molar-refractivity contribution >= 4 is 11.7 Å². The summed E-state index contributed by atoms with van der Waals surface area (Å²) in [5.41, 5.74) is 1.85. The second kappa shape index (κ2) is 6.88. The van der Waals surface area contributed by atoms with Gasteiger partial charge in [0.15, 0.2) is 6.61 Å². The molecule has 0 bridgehead atoms. The number of anilines is 1. The molecule has 6 nitrogen and oxygen atoms in total. The minimum absolute atomic E-state index is 0.0863. The van der Waals surface area contributed by atoms with Crippen LogP contribution in [0.25, 0.3) is 0 Å². The molecule has 0 fully saturated rings. The van der Waals surface area contributed by atoms with E-state index >= 15 is 0 Å². The average molecular weight is 289 g/mol. The van der Waals surface area contributed by atoms with Gasteiger partial charge in [0.25, 0.3) is 5.91 Å². The summed E-state index contributed by atoms with van der Waals surface area (Å²) in [6, 6.07) is 7.71. The third-order valence-corrected chi connectivity index (χ3v) is 3.07. The number of nitrogens with zero attached hydrogens (tertiary/aromatic N) is 2. The van der Waals surface area contributed by atoms with Gasteiger partial charge in [0, 0.05) is 0 Å². The van der Waals surface area contributed by atoms with Gasteiger partial charge < -0.3 is 10.1 Å². The highest BCUT2D eigenvalue weighted by molar-refractivity contribution is 5.91. The second-order valence-electron chi connectivity index (χ2n) is 4.97. The lowest BCUT2D eigenvalue weighted by Crippen LogP contribution is -2.21. The first-order chi connectivity index (χ1) is 10.1. The van der Waals surface area contributed by atoms with Crippen LogP contribution in [-0.4, -0.2) is 22.8 Å². The van der Waals surface area contributed by atoms with E-state index in [0.717, 1.165) is 0 Å². The predicted octanol–water partition coefficient (Wildman–Crippen LogP) is 2.77. The van der Waals surface area contributed by atoms with Crippen LogP contribution in [0.4, 0.5) is 5.82 Å². The van der Waals surface area contributed by atoms with Crippen LogP contribution in [-0.2, 0) is 11.2 Å². The highest BCUT2D eigenvalue weighted by Crippen LogP contribution is 2.18. The lowest BCUT2D eigenvalue weighted by atomic mass is 10.0. The van der Waals surface area contributed by atoms with Crippen LogP contribution in [0.1, 0.15) is 37.9 Å². The van der Waals surface area contributed by atoms with Crippen LogP contribution in [0.5, 0.6) is 5.75 Å². The number of hydrogen-bond donors (Lipinski definition) is 1. The Bertz CT molecular complexity index is 590. The number of hydrogen-bond acceptors (Lipinski definition) is 5. The molecule has 21 heavy (non-hydrogen) atoms. The molecule has 0 aliphatic carbocycles. The van der Waals surface area contributed by atoms with E-state index in [1.165, 1.54) is 5.56 Å². The Morgan fingerprint density at radius 3 is 2.62 bits per heavy atom. The fraction of sp³-hybridized carbons (Fsp3) is 0.400. The Balaban J connectivity index is 1.86. The summed E-state index contributed by atoms with van der Waals surface area (Å²) < 4.78 is 10.0. The molecule has 2 aromatic rings. The minimum Gasteiger partial charge on any atom is -0.484 e. The molecule has 2 rings (SSSR count). The highest BCUT2D eigenvalue weighted by atomic mass is 16.6. The van der Waals surface area contributed by atoms with Crippen molar-refractivity contribution in [2.75, 3.05) is 11.9 Å². The van der Waals surface area contributed by atoms with Crippen LogP contribution in [0.2, 0.25) is 0 Å². The van der Waals surface area contributed by atoms with E-state index in [2.05, 4.69) is 34.1 Å². The van der Waals surface area contributed by atoms with E-state index in [4.69, 9.17) is 4.74 Å². The smallest absolute Gasteiger partial charge is 0.263 e. The number of benzene rings is 1. The third-order valence-electron chi connectivity index (χ3n) is 3.07. The Morgan fingerprint density at radius 2 is 2.00 bits per heavy atom. The number of aryl methyl sites for hydroxylation is 1. The molecule has 1 aromatic heterocycles. The van der Waals surface area contributed by atoms with Crippen LogP contribution < -0.4 is 10.1 Å². The van der Waals surface area contributed by atoms with Gasteiger partial charge in [-0.05, 0) is 35.2 Å². The van der Waals surface area contributed by atoms with E-state index in [1.54, 1.807) is 0 Å². The number of amides is 1. The van der Waals surface area contributed by atoms with E-state index in [0.29, 0.717) is 29.6 Å². The molecule has 0 saturated carbocycles. The van der Waals surface area contributed by atoms with Crippen LogP contribution >= 0.6 is 0 Å². The van der Waals surface area contributed by atoms with E-state index in [1.807, 2.05) is 31.2 Å². The van der Waals surface area contributed by atoms with Crippen molar-refractivity contribution < 1.29 is 14.2 Å². The Hall–Kier alpha value is -2.37. The van der Waals surface area contributed by atoms with Crippen molar-refractivity contribution in [2.45, 2.75) is 33.1 Å². The zero-order valence-electron chi connectivity index (χ0n) is 12.4. The quantitative estimate of drug-likeness (QED) is 0.884. The van der Waals surface area contributed by atoms with Gasteiger partial charge in [-0.1, -0.05) is 38.1 Å². The molecule has 6 heteroatoms. The van der Waals surface area contributed by atoms with E-state index in [-0.39, 0.29) is 12.5 Å². The molecular weight excluding hydrogens is 270 g/mol. The lowest BCUT2D eigenvalue weighted by molar-refractivity contribution is -0.118. The number of ether oxygens (including phenoxy) is 1. The average Bonchev–Trinajstić information content (AvgIpc) is 2.92. The molecule has 0 saturated heterocycles. The summed E-state index contributed by atoms with van der Waals surface area (Å²) in [6.07, 6.45) is 0.636. The van der Waals surface area contributed by atoms with Crippen molar-refractivity contribution in [1.82, 2.24) is 10.3 Å². The van der Waals surface area contributed by atoms with E-state index < -0.39 is 0 Å². The third kappa shape index (κ3) is 4.05. The Labute approximate surface area is 123 Å². The summed E-state index contributed by atoms with van der Waals surface area (Å²) in [7, 11) is 0. The van der Waals surface area contributed by atoms with Crippen molar-refractivity contribution in [3.8, 4) is 5.75 Å². The summed E-state index contributed by atoms with van der Waals surface area (Å²) in [6.45, 7) is 6.07. The van der Waals surface area contributed by atoms with Gasteiger partial charge in [0.05, 0.1) is 0 Å². The van der Waals surface area contributed by atoms with Crippen molar-refractivity contribution in [2.24, 2.45) is 0 Å². The summed E-state index contributed by atoms with van der Waals surface area (Å²) in [5, 5.41) is 9.94. The second-order valence-corrected chi connectivity index (χ2v) is 4.97. The number of rotatable bonds is 6. The van der Waals surface area contributed by atoms with Crippen molar-refractivity contribution in [1.29, 1.82) is 0 Å². The van der Waals surface area contributed by atoms with E-state index in [9.17, 15) is 4.79 Å². The van der Waals surface area contributed by atoms with Gasteiger partial charge in [0.2, 0.25) is 5.82 Å². The SMILES string of the molecule is CCc1nonc1NC(=O)COc1ccc(C(C)C)cc1. The maximum atomic E-state index is 11.8. The Morgan fingerprint density at radius 1 is 1.29 bits per heavy atom. The molecule has 0 radical (unpaired) electrons. The first-order valence-electron chi connectivity index (χ1n) is 6.94. The fourth-order valence-electron chi connectivity index (χ4n) is 1.80. The topological polar surface area (TPSA) is 77.3 Å². The summed E-state index contributed by atoms with van der Waals surface area (Å²) >= 11 is 0. The maximum Gasteiger partial charge on any atom is 0.263 e. The predicted molar refractivity (Wildman–Crippen MR) is 78.3 cm³/mol. The van der Waals surface area contributed by atoms with Crippen LogP contribution in [0.15, 0.2) is 28.9 Å². The van der Waals surface area contributed by atoms with Gasteiger partial charge >= 0.3 is 0 Å². The highest BCUT2D eigenvalue weighted by Gasteiger charge is 2.12. The molecule has 0 atom stereocenters. The number of carbonyl (C=O) groups is 1. The summed E-state index contributed by atoms with van der Waals surface area (Å²) in [5.74, 6) is 1.17. The van der Waals surface area contributed by atoms with Crippen molar-refractivity contribution in [3.05, 3.63) is 35.5 Å². The zero-order chi connectivity index (χ0) is 15.2. The molecule has 1 aromatic carbocycles. The maximum absolute atomic E-state index is 11.8. The zero-order valence-corrected chi connectivity index (χ0v) is 12.4. The number of aromatic nitrogens is 2. The van der Waals surface area contributed by atoms with Crippen molar-refractivity contribution in [3.63, 3.8) is 0 Å².